The first-order valence-electron chi connectivity index (χ1n) is 5.47. The van der Waals surface area contributed by atoms with E-state index in [1.165, 1.54) is 5.69 Å². The first-order chi connectivity index (χ1) is 7.42. The molecule has 1 aromatic rings. The second kappa shape index (κ2) is 5.16. The van der Waals surface area contributed by atoms with Gasteiger partial charge in [-0.15, -0.1) is 0 Å². The highest BCUT2D eigenvalue weighted by atomic mass is 16.4. The van der Waals surface area contributed by atoms with Crippen LogP contribution in [0.25, 0.3) is 0 Å². The summed E-state index contributed by atoms with van der Waals surface area (Å²) in [5, 5.41) is 8.82. The average molecular weight is 224 g/mol. The number of carboxylic acid groups (broad SMARTS) is 1. The molecular formula is C12H20N2O2. The molecule has 0 atom stereocenters. The lowest BCUT2D eigenvalue weighted by molar-refractivity contribution is -0.139. The Morgan fingerprint density at radius 2 is 2.25 bits per heavy atom. The second-order valence-electron chi connectivity index (χ2n) is 4.75. The van der Waals surface area contributed by atoms with Crippen molar-refractivity contribution in [3.05, 3.63) is 24.0 Å². The Morgan fingerprint density at radius 1 is 1.56 bits per heavy atom. The summed E-state index contributed by atoms with van der Waals surface area (Å²) >= 11 is 0. The molecule has 1 aromatic heterocycles. The zero-order chi connectivity index (χ0) is 12.2. The van der Waals surface area contributed by atoms with E-state index >= 15 is 0 Å². The number of aliphatic carboxylic acids is 1. The Balaban J connectivity index is 2.44. The van der Waals surface area contributed by atoms with E-state index in [2.05, 4.69) is 9.88 Å². The number of carbonyl (C=O) groups is 1. The molecule has 16 heavy (non-hydrogen) atoms. The first-order valence-corrected chi connectivity index (χ1v) is 5.47. The van der Waals surface area contributed by atoms with Crippen LogP contribution in [0.4, 0.5) is 0 Å². The smallest absolute Gasteiger partial charge is 0.305 e. The molecule has 0 saturated heterocycles. The molecule has 0 aliphatic carbocycles. The minimum absolute atomic E-state index is 0.161. The van der Waals surface area contributed by atoms with Gasteiger partial charge in [0.05, 0.1) is 6.42 Å². The van der Waals surface area contributed by atoms with Gasteiger partial charge < -0.3 is 15.0 Å². The maximum Gasteiger partial charge on any atom is 0.305 e. The van der Waals surface area contributed by atoms with E-state index in [9.17, 15) is 4.79 Å². The summed E-state index contributed by atoms with van der Waals surface area (Å²) in [7, 11) is 1.96. The molecular weight excluding hydrogens is 204 g/mol. The van der Waals surface area contributed by atoms with E-state index in [1.807, 2.05) is 39.2 Å². The molecule has 0 saturated carbocycles. The Kier molecular flexibility index (Phi) is 4.12. The molecule has 4 heteroatoms. The molecule has 4 nitrogen and oxygen atoms in total. The minimum atomic E-state index is -0.753. The number of carboxylic acids is 1. The first kappa shape index (κ1) is 12.8. The molecule has 2 N–H and O–H groups in total. The number of hydrogen-bond donors (Lipinski definition) is 2. The summed E-state index contributed by atoms with van der Waals surface area (Å²) in [4.78, 5) is 15.9. The third-order valence-corrected chi connectivity index (χ3v) is 3.00. The highest BCUT2D eigenvalue weighted by Crippen LogP contribution is 2.17. The van der Waals surface area contributed by atoms with Crippen LogP contribution in [0, 0.1) is 0 Å². The third-order valence-electron chi connectivity index (χ3n) is 3.00. The number of aromatic amines is 1. The molecule has 1 heterocycles. The van der Waals surface area contributed by atoms with E-state index in [-0.39, 0.29) is 12.0 Å². The van der Waals surface area contributed by atoms with E-state index in [4.69, 9.17) is 5.11 Å². The van der Waals surface area contributed by atoms with Crippen molar-refractivity contribution in [2.24, 2.45) is 0 Å². The molecule has 0 fully saturated rings. The third kappa shape index (κ3) is 3.70. The number of H-pyrrole nitrogens is 1. The number of hydrogen-bond acceptors (Lipinski definition) is 2. The van der Waals surface area contributed by atoms with Crippen molar-refractivity contribution in [2.75, 3.05) is 13.6 Å². The topological polar surface area (TPSA) is 56.3 Å². The largest absolute Gasteiger partial charge is 0.481 e. The minimum Gasteiger partial charge on any atom is -0.481 e. The Bertz CT molecular complexity index is 331. The monoisotopic (exact) mass is 224 g/mol. The lowest BCUT2D eigenvalue weighted by atomic mass is 9.98. The molecule has 0 bridgehead atoms. The second-order valence-corrected chi connectivity index (χ2v) is 4.75. The maximum absolute atomic E-state index is 10.7. The summed E-state index contributed by atoms with van der Waals surface area (Å²) < 4.78 is 0. The van der Waals surface area contributed by atoms with Crippen LogP contribution >= 0.6 is 0 Å². The highest BCUT2D eigenvalue weighted by Gasteiger charge is 2.26. The van der Waals surface area contributed by atoms with Gasteiger partial charge in [-0.2, -0.15) is 0 Å². The zero-order valence-electron chi connectivity index (χ0n) is 10.2. The van der Waals surface area contributed by atoms with Crippen LogP contribution in [0.2, 0.25) is 0 Å². The molecule has 1 rings (SSSR count). The fourth-order valence-electron chi connectivity index (χ4n) is 1.62. The van der Waals surface area contributed by atoms with Gasteiger partial charge in [-0.1, -0.05) is 0 Å². The van der Waals surface area contributed by atoms with Crippen molar-refractivity contribution in [2.45, 2.75) is 32.2 Å². The van der Waals surface area contributed by atoms with Crippen LogP contribution in [0.5, 0.6) is 0 Å². The predicted molar refractivity (Wildman–Crippen MR) is 63.5 cm³/mol. The summed E-state index contributed by atoms with van der Waals surface area (Å²) in [5.74, 6) is -0.753. The van der Waals surface area contributed by atoms with Crippen molar-refractivity contribution in [3.63, 3.8) is 0 Å². The molecule has 90 valence electrons. The fraction of sp³-hybridized carbons (Fsp3) is 0.583. The number of nitrogens with one attached hydrogen (secondary N) is 1. The van der Waals surface area contributed by atoms with Crippen molar-refractivity contribution >= 4 is 5.97 Å². The molecule has 0 aliphatic heterocycles. The van der Waals surface area contributed by atoms with Gasteiger partial charge in [0.1, 0.15) is 0 Å². The van der Waals surface area contributed by atoms with Gasteiger partial charge in [-0.05, 0) is 33.0 Å². The fourth-order valence-corrected chi connectivity index (χ4v) is 1.62. The van der Waals surface area contributed by atoms with Crippen LogP contribution in [0.3, 0.4) is 0 Å². The normalized spacial score (nSPS) is 12.0. The van der Waals surface area contributed by atoms with E-state index in [0.29, 0.717) is 0 Å². The number of aromatic nitrogens is 1. The summed E-state index contributed by atoms with van der Waals surface area (Å²) in [6, 6.07) is 4.01. The van der Waals surface area contributed by atoms with Gasteiger partial charge in [-0.3, -0.25) is 4.79 Å². The van der Waals surface area contributed by atoms with Gasteiger partial charge >= 0.3 is 5.97 Å². The Labute approximate surface area is 96.3 Å². The van der Waals surface area contributed by atoms with Crippen LogP contribution in [-0.2, 0) is 11.2 Å². The van der Waals surface area contributed by atoms with Crippen LogP contribution < -0.4 is 0 Å². The van der Waals surface area contributed by atoms with Crippen molar-refractivity contribution in [1.82, 2.24) is 9.88 Å². The average Bonchev–Trinajstić information content (AvgIpc) is 2.64. The zero-order valence-corrected chi connectivity index (χ0v) is 10.2. The quantitative estimate of drug-likeness (QED) is 0.774. The van der Waals surface area contributed by atoms with Crippen molar-refractivity contribution in [3.8, 4) is 0 Å². The van der Waals surface area contributed by atoms with Gasteiger partial charge in [0.15, 0.2) is 0 Å². The van der Waals surface area contributed by atoms with E-state index in [1.54, 1.807) is 0 Å². The molecule has 0 unspecified atom stereocenters. The van der Waals surface area contributed by atoms with Crippen LogP contribution in [0.1, 0.15) is 26.0 Å². The summed E-state index contributed by atoms with van der Waals surface area (Å²) in [6.45, 7) is 4.76. The molecule has 0 amide bonds. The van der Waals surface area contributed by atoms with Crippen molar-refractivity contribution in [1.29, 1.82) is 0 Å². The van der Waals surface area contributed by atoms with Crippen LogP contribution in [0.15, 0.2) is 18.3 Å². The molecule has 0 aliphatic rings. The lowest BCUT2D eigenvalue weighted by Crippen LogP contribution is -2.43. The van der Waals surface area contributed by atoms with Gasteiger partial charge in [0.25, 0.3) is 0 Å². The standard InChI is InChI=1S/C12H20N2O2/c1-12(2,9-11(15)16)14(3)8-6-10-5-4-7-13-10/h4-5,7,13H,6,8-9H2,1-3H3,(H,15,16). The van der Waals surface area contributed by atoms with Gasteiger partial charge in [0.2, 0.25) is 0 Å². The maximum atomic E-state index is 10.7. The Hall–Kier alpha value is -1.29. The molecule has 0 aromatic carbocycles. The van der Waals surface area contributed by atoms with Gasteiger partial charge in [0, 0.05) is 30.4 Å². The molecule has 0 radical (unpaired) electrons. The SMILES string of the molecule is CN(CCc1ccc[nH]1)C(C)(C)CC(=O)O. The predicted octanol–water partition coefficient (Wildman–Crippen LogP) is 1.74. The van der Waals surface area contributed by atoms with Crippen LogP contribution in [-0.4, -0.2) is 40.1 Å². The lowest BCUT2D eigenvalue weighted by Gasteiger charge is -2.34. The van der Waals surface area contributed by atoms with E-state index < -0.39 is 5.97 Å². The van der Waals surface area contributed by atoms with E-state index in [0.717, 1.165) is 13.0 Å². The summed E-state index contributed by atoms with van der Waals surface area (Å²) in [5.41, 5.74) is 0.872. The van der Waals surface area contributed by atoms with Crippen molar-refractivity contribution < 1.29 is 9.90 Å². The Morgan fingerprint density at radius 3 is 2.75 bits per heavy atom. The van der Waals surface area contributed by atoms with Gasteiger partial charge in [-0.25, -0.2) is 0 Å². The highest BCUT2D eigenvalue weighted by molar-refractivity contribution is 5.68. The molecule has 0 spiro atoms. The number of likely N-dealkylation sites (N-methyl/N-ethyl adjacent to an activating group) is 1. The number of rotatable bonds is 6. The summed E-state index contributed by atoms with van der Waals surface area (Å²) in [6.07, 6.45) is 2.97. The number of nitrogens with zero attached hydrogens (tertiary/aromatic N) is 1.